The number of hydrogen-bond acceptors (Lipinski definition) is 3. The van der Waals surface area contributed by atoms with E-state index in [2.05, 4.69) is 5.32 Å². The molecule has 2 aromatic rings. The van der Waals surface area contributed by atoms with Gasteiger partial charge in [0.2, 0.25) is 0 Å². The van der Waals surface area contributed by atoms with Gasteiger partial charge >= 0.3 is 6.03 Å². The fourth-order valence-corrected chi connectivity index (χ4v) is 3.11. The lowest BCUT2D eigenvalue weighted by Crippen LogP contribution is -2.40. The number of amides is 2. The smallest absolute Gasteiger partial charge is 0.317 e. The van der Waals surface area contributed by atoms with Crippen LogP contribution in [-0.4, -0.2) is 31.2 Å². The van der Waals surface area contributed by atoms with E-state index >= 15 is 0 Å². The van der Waals surface area contributed by atoms with E-state index in [9.17, 15) is 9.18 Å². The number of rotatable bonds is 5. The Hall–Kier alpha value is -2.76. The van der Waals surface area contributed by atoms with Crippen LogP contribution in [0.1, 0.15) is 31.0 Å². The van der Waals surface area contributed by atoms with Crippen molar-refractivity contribution in [2.75, 3.05) is 20.3 Å². The van der Waals surface area contributed by atoms with Crippen LogP contribution in [-0.2, 0) is 6.54 Å². The van der Waals surface area contributed by atoms with E-state index in [1.54, 1.807) is 24.1 Å². The van der Waals surface area contributed by atoms with Crippen LogP contribution in [0.2, 0.25) is 0 Å². The lowest BCUT2D eigenvalue weighted by atomic mass is 9.95. The first-order valence-electron chi connectivity index (χ1n) is 9.09. The van der Waals surface area contributed by atoms with E-state index in [4.69, 9.17) is 9.47 Å². The van der Waals surface area contributed by atoms with Gasteiger partial charge in [0, 0.05) is 13.6 Å². The predicted octanol–water partition coefficient (Wildman–Crippen LogP) is 4.14. The number of halogens is 1. The average molecular weight is 372 g/mol. The summed E-state index contributed by atoms with van der Waals surface area (Å²) in [7, 11) is 1.70. The number of ether oxygens (including phenoxy) is 2. The maximum Gasteiger partial charge on any atom is 0.317 e. The summed E-state index contributed by atoms with van der Waals surface area (Å²) in [6.45, 7) is 5.49. The first kappa shape index (κ1) is 19.0. The lowest BCUT2D eigenvalue weighted by molar-refractivity contribution is 0.171. The van der Waals surface area contributed by atoms with E-state index in [0.29, 0.717) is 25.5 Å². The Morgan fingerprint density at radius 2 is 1.89 bits per heavy atom. The molecule has 1 atom stereocenters. The molecule has 5 nitrogen and oxygen atoms in total. The first-order chi connectivity index (χ1) is 12.9. The zero-order valence-electron chi connectivity index (χ0n) is 15.9. The third-order valence-electron chi connectivity index (χ3n) is 4.53. The summed E-state index contributed by atoms with van der Waals surface area (Å²) in [4.78, 5) is 14.2. The number of urea groups is 1. The van der Waals surface area contributed by atoms with E-state index in [0.717, 1.165) is 16.9 Å². The molecule has 6 heteroatoms. The van der Waals surface area contributed by atoms with Crippen LogP contribution >= 0.6 is 0 Å². The normalized spacial score (nSPS) is 14.0. The summed E-state index contributed by atoms with van der Waals surface area (Å²) < 4.78 is 24.6. The number of benzene rings is 2. The molecule has 0 saturated carbocycles. The van der Waals surface area contributed by atoms with E-state index < -0.39 is 0 Å². The molecule has 0 spiro atoms. The van der Waals surface area contributed by atoms with Crippen molar-refractivity contribution in [1.82, 2.24) is 10.2 Å². The van der Waals surface area contributed by atoms with Crippen molar-refractivity contribution in [3.8, 4) is 11.5 Å². The van der Waals surface area contributed by atoms with Gasteiger partial charge in [-0.1, -0.05) is 32.0 Å². The number of carbonyl (C=O) groups is 1. The van der Waals surface area contributed by atoms with Crippen LogP contribution in [0.3, 0.4) is 0 Å². The van der Waals surface area contributed by atoms with Gasteiger partial charge < -0.3 is 19.7 Å². The zero-order chi connectivity index (χ0) is 19.4. The standard InChI is InChI=1S/C21H25FN2O3/c1-14(2)20(16-7-8-18-19(12-16)27-10-9-26-18)23-21(25)24(3)13-15-5-4-6-17(22)11-15/h4-8,11-12,14,20H,9-10,13H2,1-3H3,(H,23,25)/t20-/m1/s1. The summed E-state index contributed by atoms with van der Waals surface area (Å²) in [5.41, 5.74) is 1.70. The van der Waals surface area contributed by atoms with Crippen molar-refractivity contribution in [3.63, 3.8) is 0 Å². The molecule has 1 aliphatic heterocycles. The van der Waals surface area contributed by atoms with Crippen LogP contribution in [0.4, 0.5) is 9.18 Å². The highest BCUT2D eigenvalue weighted by molar-refractivity contribution is 5.74. The third kappa shape index (κ3) is 4.70. The van der Waals surface area contributed by atoms with Gasteiger partial charge in [-0.25, -0.2) is 9.18 Å². The van der Waals surface area contributed by atoms with E-state index in [-0.39, 0.29) is 23.8 Å². The molecule has 0 radical (unpaired) electrons. The minimum atomic E-state index is -0.308. The van der Waals surface area contributed by atoms with Crippen molar-refractivity contribution in [2.24, 2.45) is 5.92 Å². The number of nitrogens with zero attached hydrogens (tertiary/aromatic N) is 1. The Morgan fingerprint density at radius 1 is 1.15 bits per heavy atom. The van der Waals surface area contributed by atoms with Crippen molar-refractivity contribution < 1.29 is 18.7 Å². The Kier molecular flexibility index (Phi) is 5.84. The molecule has 1 heterocycles. The fourth-order valence-electron chi connectivity index (χ4n) is 3.11. The Labute approximate surface area is 159 Å². The van der Waals surface area contributed by atoms with Gasteiger partial charge in [-0.2, -0.15) is 0 Å². The Bertz CT molecular complexity index is 810. The van der Waals surface area contributed by atoms with Crippen LogP contribution in [0.15, 0.2) is 42.5 Å². The van der Waals surface area contributed by atoms with Crippen molar-refractivity contribution in [1.29, 1.82) is 0 Å². The Morgan fingerprint density at radius 3 is 2.59 bits per heavy atom. The minimum Gasteiger partial charge on any atom is -0.486 e. The molecule has 0 saturated heterocycles. The highest BCUT2D eigenvalue weighted by atomic mass is 19.1. The molecule has 0 aromatic heterocycles. The molecule has 1 N–H and O–H groups in total. The van der Waals surface area contributed by atoms with Crippen molar-refractivity contribution in [3.05, 3.63) is 59.4 Å². The van der Waals surface area contributed by atoms with Crippen LogP contribution in [0, 0.1) is 11.7 Å². The summed E-state index contributed by atoms with van der Waals surface area (Å²) in [6.07, 6.45) is 0. The molecule has 0 unspecified atom stereocenters. The second-order valence-electron chi connectivity index (χ2n) is 7.06. The molecular weight excluding hydrogens is 347 g/mol. The third-order valence-corrected chi connectivity index (χ3v) is 4.53. The SMILES string of the molecule is CC(C)[C@@H](NC(=O)N(C)Cc1cccc(F)c1)c1ccc2c(c1)OCCO2. The molecule has 1 aliphatic rings. The number of fused-ring (bicyclic) bond motifs is 1. The molecule has 2 aromatic carbocycles. The zero-order valence-corrected chi connectivity index (χ0v) is 15.9. The van der Waals surface area contributed by atoms with Crippen LogP contribution in [0.25, 0.3) is 0 Å². The first-order valence-corrected chi connectivity index (χ1v) is 9.09. The molecule has 27 heavy (non-hydrogen) atoms. The molecular formula is C21H25FN2O3. The van der Waals surface area contributed by atoms with Gasteiger partial charge in [-0.15, -0.1) is 0 Å². The second kappa shape index (κ2) is 8.29. The van der Waals surface area contributed by atoms with Gasteiger partial charge in [-0.3, -0.25) is 0 Å². The maximum atomic E-state index is 13.4. The highest BCUT2D eigenvalue weighted by Gasteiger charge is 2.23. The van der Waals surface area contributed by atoms with Gasteiger partial charge in [0.25, 0.3) is 0 Å². The van der Waals surface area contributed by atoms with Gasteiger partial charge in [0.1, 0.15) is 19.0 Å². The molecule has 2 amide bonds. The van der Waals surface area contributed by atoms with E-state index in [1.165, 1.54) is 12.1 Å². The van der Waals surface area contributed by atoms with Crippen molar-refractivity contribution >= 4 is 6.03 Å². The molecule has 0 bridgehead atoms. The molecule has 3 rings (SSSR count). The largest absolute Gasteiger partial charge is 0.486 e. The van der Waals surface area contributed by atoms with Gasteiger partial charge in [0.15, 0.2) is 11.5 Å². The van der Waals surface area contributed by atoms with Crippen LogP contribution < -0.4 is 14.8 Å². The summed E-state index contributed by atoms with van der Waals surface area (Å²) in [5, 5.41) is 3.07. The van der Waals surface area contributed by atoms with Gasteiger partial charge in [-0.05, 0) is 41.3 Å². The number of carbonyl (C=O) groups excluding carboxylic acids is 1. The topological polar surface area (TPSA) is 50.8 Å². The fraction of sp³-hybridized carbons (Fsp3) is 0.381. The second-order valence-corrected chi connectivity index (χ2v) is 7.06. The molecule has 144 valence electrons. The predicted molar refractivity (Wildman–Crippen MR) is 101 cm³/mol. The quantitative estimate of drug-likeness (QED) is 0.858. The Balaban J connectivity index is 1.71. The van der Waals surface area contributed by atoms with Gasteiger partial charge in [0.05, 0.1) is 6.04 Å². The summed E-state index contributed by atoms with van der Waals surface area (Å²) in [5.74, 6) is 1.30. The monoisotopic (exact) mass is 372 g/mol. The van der Waals surface area contributed by atoms with Crippen molar-refractivity contribution in [2.45, 2.75) is 26.4 Å². The molecule has 0 fully saturated rings. The number of nitrogens with one attached hydrogen (secondary N) is 1. The lowest BCUT2D eigenvalue weighted by Gasteiger charge is -2.28. The minimum absolute atomic E-state index is 0.178. The summed E-state index contributed by atoms with van der Waals surface area (Å²) in [6, 6.07) is 11.6. The number of hydrogen-bond donors (Lipinski definition) is 1. The van der Waals surface area contributed by atoms with Crippen LogP contribution in [0.5, 0.6) is 11.5 Å². The highest BCUT2D eigenvalue weighted by Crippen LogP contribution is 2.34. The maximum absolute atomic E-state index is 13.4. The average Bonchev–Trinajstić information content (AvgIpc) is 2.65. The summed E-state index contributed by atoms with van der Waals surface area (Å²) >= 11 is 0. The molecule has 0 aliphatic carbocycles. The van der Waals surface area contributed by atoms with E-state index in [1.807, 2.05) is 32.0 Å².